The number of carbonyl (C=O) groups is 3. The molecule has 0 aliphatic heterocycles. The van der Waals surface area contributed by atoms with Gasteiger partial charge in [-0.3, -0.25) is 14.5 Å². The van der Waals surface area contributed by atoms with Gasteiger partial charge in [-0.25, -0.2) is 4.79 Å². The standard InChI is InChI=1S/C25H40N2O5S/c1-15-10-12-17(13-11-15)22(28)27(20(16(2)31-8)23(29)26(6)7)18-14-19(25(3,4)5)33-21(18)24(30)32-9/h14-17,20H,10-13H2,1-9H3/t15-,16-,17-,20+/m1/s1. The highest BCUT2D eigenvalue weighted by Crippen LogP contribution is 2.41. The number of esters is 1. The van der Waals surface area contributed by atoms with Crippen LogP contribution in [0.25, 0.3) is 0 Å². The van der Waals surface area contributed by atoms with E-state index >= 15 is 0 Å². The predicted molar refractivity (Wildman–Crippen MR) is 132 cm³/mol. The predicted octanol–water partition coefficient (Wildman–Crippen LogP) is 4.48. The van der Waals surface area contributed by atoms with Crippen LogP contribution in [0.3, 0.4) is 0 Å². The van der Waals surface area contributed by atoms with Gasteiger partial charge in [0.05, 0.1) is 18.9 Å². The first-order valence-corrected chi connectivity index (χ1v) is 12.4. The summed E-state index contributed by atoms with van der Waals surface area (Å²) < 4.78 is 10.7. The zero-order valence-electron chi connectivity index (χ0n) is 21.6. The van der Waals surface area contributed by atoms with Crippen LogP contribution in [0.15, 0.2) is 6.07 Å². The van der Waals surface area contributed by atoms with E-state index in [0.29, 0.717) is 16.5 Å². The molecule has 1 aromatic rings. The van der Waals surface area contributed by atoms with Gasteiger partial charge < -0.3 is 14.4 Å². The summed E-state index contributed by atoms with van der Waals surface area (Å²) in [6, 6.07) is 0.973. The molecule has 0 bridgehead atoms. The Morgan fingerprint density at radius 1 is 1.09 bits per heavy atom. The van der Waals surface area contributed by atoms with E-state index in [-0.39, 0.29) is 23.1 Å². The maximum Gasteiger partial charge on any atom is 0.350 e. The summed E-state index contributed by atoms with van der Waals surface area (Å²) in [5.74, 6) is -0.512. The first-order chi connectivity index (χ1) is 15.3. The van der Waals surface area contributed by atoms with Crippen LogP contribution >= 0.6 is 11.3 Å². The number of carbonyl (C=O) groups excluding carboxylic acids is 3. The van der Waals surface area contributed by atoms with Crippen LogP contribution in [0.5, 0.6) is 0 Å². The number of nitrogens with zero attached hydrogens (tertiary/aromatic N) is 2. The fourth-order valence-electron chi connectivity index (χ4n) is 4.19. The average Bonchev–Trinajstić information content (AvgIpc) is 3.21. The Morgan fingerprint density at radius 2 is 1.67 bits per heavy atom. The number of thiophene rings is 1. The van der Waals surface area contributed by atoms with Crippen LogP contribution < -0.4 is 4.90 Å². The summed E-state index contributed by atoms with van der Waals surface area (Å²) >= 11 is 1.31. The second-order valence-electron chi connectivity index (χ2n) is 10.3. The minimum atomic E-state index is -0.900. The van der Waals surface area contributed by atoms with Crippen LogP contribution in [0.2, 0.25) is 0 Å². The van der Waals surface area contributed by atoms with Crippen LogP contribution in [0.4, 0.5) is 5.69 Å². The second kappa shape index (κ2) is 11.0. The van der Waals surface area contributed by atoms with Crippen molar-refractivity contribution in [2.75, 3.05) is 33.2 Å². The van der Waals surface area contributed by atoms with Crippen molar-refractivity contribution in [1.29, 1.82) is 0 Å². The molecule has 2 amide bonds. The largest absolute Gasteiger partial charge is 0.465 e. The molecule has 1 aromatic heterocycles. The molecule has 1 aliphatic rings. The van der Waals surface area contributed by atoms with E-state index in [1.165, 1.54) is 35.4 Å². The van der Waals surface area contributed by atoms with E-state index in [1.807, 2.05) is 6.07 Å². The molecule has 1 saturated carbocycles. The van der Waals surface area contributed by atoms with E-state index in [4.69, 9.17) is 9.47 Å². The van der Waals surface area contributed by atoms with Crippen LogP contribution in [-0.4, -0.2) is 63.1 Å². The third-order valence-corrected chi connectivity index (χ3v) is 8.00. The molecule has 1 fully saturated rings. The van der Waals surface area contributed by atoms with Gasteiger partial charge >= 0.3 is 5.97 Å². The maximum atomic E-state index is 14.1. The molecule has 0 spiro atoms. The van der Waals surface area contributed by atoms with Crippen molar-refractivity contribution >= 4 is 34.8 Å². The lowest BCUT2D eigenvalue weighted by molar-refractivity contribution is -0.136. The Hall–Kier alpha value is -1.93. The molecule has 7 nitrogen and oxygen atoms in total. The average molecular weight is 481 g/mol. The third kappa shape index (κ3) is 6.15. The summed E-state index contributed by atoms with van der Waals surface area (Å²) in [5.41, 5.74) is 0.193. The molecule has 0 N–H and O–H groups in total. The number of hydrogen-bond acceptors (Lipinski definition) is 6. The number of ether oxygens (including phenoxy) is 2. The van der Waals surface area contributed by atoms with Crippen LogP contribution in [-0.2, 0) is 24.5 Å². The fourth-order valence-corrected chi connectivity index (χ4v) is 5.32. The molecule has 0 aromatic carbocycles. The van der Waals surface area contributed by atoms with Gasteiger partial charge in [0.25, 0.3) is 0 Å². The number of amides is 2. The van der Waals surface area contributed by atoms with Crippen molar-refractivity contribution in [1.82, 2.24) is 4.90 Å². The molecule has 1 aliphatic carbocycles. The molecule has 2 atom stereocenters. The second-order valence-corrected chi connectivity index (χ2v) is 11.4. The zero-order valence-corrected chi connectivity index (χ0v) is 22.4. The van der Waals surface area contributed by atoms with Gasteiger partial charge in [-0.15, -0.1) is 11.3 Å². The van der Waals surface area contributed by atoms with Crippen LogP contribution in [0.1, 0.15) is 74.9 Å². The molecule has 33 heavy (non-hydrogen) atoms. The van der Waals surface area contributed by atoms with Gasteiger partial charge in [0.2, 0.25) is 11.8 Å². The van der Waals surface area contributed by atoms with Gasteiger partial charge in [-0.2, -0.15) is 0 Å². The Kier molecular flexibility index (Phi) is 9.10. The van der Waals surface area contributed by atoms with Crippen molar-refractivity contribution in [2.24, 2.45) is 11.8 Å². The summed E-state index contributed by atoms with van der Waals surface area (Å²) in [7, 11) is 6.19. The first kappa shape index (κ1) is 27.3. The quantitative estimate of drug-likeness (QED) is 0.538. The van der Waals surface area contributed by atoms with E-state index in [1.54, 1.807) is 21.0 Å². The monoisotopic (exact) mass is 480 g/mol. The Bertz CT molecular complexity index is 849. The van der Waals surface area contributed by atoms with Gasteiger partial charge in [-0.05, 0) is 50.0 Å². The Morgan fingerprint density at radius 3 is 2.12 bits per heavy atom. The van der Waals surface area contributed by atoms with E-state index in [9.17, 15) is 14.4 Å². The van der Waals surface area contributed by atoms with Gasteiger partial charge in [0.1, 0.15) is 10.9 Å². The lowest BCUT2D eigenvalue weighted by Crippen LogP contribution is -2.57. The first-order valence-electron chi connectivity index (χ1n) is 11.6. The van der Waals surface area contributed by atoms with Crippen molar-refractivity contribution in [3.63, 3.8) is 0 Å². The molecule has 1 heterocycles. The highest BCUT2D eigenvalue weighted by atomic mass is 32.1. The Balaban J connectivity index is 2.73. The molecular formula is C25H40N2O5S. The van der Waals surface area contributed by atoms with Crippen LogP contribution in [0, 0.1) is 11.8 Å². The number of methoxy groups -OCH3 is 2. The molecule has 2 rings (SSSR count). The van der Waals surface area contributed by atoms with Crippen molar-refractivity contribution in [3.05, 3.63) is 15.8 Å². The fraction of sp³-hybridized carbons (Fsp3) is 0.720. The lowest BCUT2D eigenvalue weighted by atomic mass is 9.82. The number of anilines is 1. The molecule has 0 unspecified atom stereocenters. The molecule has 8 heteroatoms. The molecule has 186 valence electrons. The molecule has 0 radical (unpaired) electrons. The topological polar surface area (TPSA) is 76.2 Å². The lowest BCUT2D eigenvalue weighted by Gasteiger charge is -2.38. The van der Waals surface area contributed by atoms with Gasteiger partial charge in [-0.1, -0.05) is 27.7 Å². The van der Waals surface area contributed by atoms with Crippen molar-refractivity contribution in [3.8, 4) is 0 Å². The van der Waals surface area contributed by atoms with Crippen molar-refractivity contribution in [2.45, 2.75) is 77.9 Å². The van der Waals surface area contributed by atoms with Gasteiger partial charge in [0, 0.05) is 32.0 Å². The third-order valence-electron chi connectivity index (χ3n) is 6.47. The van der Waals surface area contributed by atoms with E-state index in [2.05, 4.69) is 27.7 Å². The van der Waals surface area contributed by atoms with Crippen molar-refractivity contribution < 1.29 is 23.9 Å². The highest BCUT2D eigenvalue weighted by molar-refractivity contribution is 7.14. The normalized spacial score (nSPS) is 20.6. The Labute approximate surface area is 202 Å². The highest BCUT2D eigenvalue weighted by Gasteiger charge is 2.42. The summed E-state index contributed by atoms with van der Waals surface area (Å²) in [5, 5.41) is 0. The van der Waals surface area contributed by atoms with E-state index in [0.717, 1.165) is 30.6 Å². The number of likely N-dealkylation sites (N-methyl/N-ethyl adjacent to an activating group) is 1. The summed E-state index contributed by atoms with van der Waals surface area (Å²) in [4.78, 5) is 44.5. The maximum absolute atomic E-state index is 14.1. The molecule has 0 saturated heterocycles. The summed E-state index contributed by atoms with van der Waals surface area (Å²) in [6.45, 7) is 10.1. The molecular weight excluding hydrogens is 440 g/mol. The zero-order chi connectivity index (χ0) is 25.1. The SMILES string of the molecule is COC(=O)c1sc(C(C)(C)C)cc1N(C(=O)[C@H]1CC[C@H](C)CC1)[C@H](C(=O)N(C)C)[C@@H](C)OC. The smallest absolute Gasteiger partial charge is 0.350 e. The van der Waals surface area contributed by atoms with E-state index < -0.39 is 18.1 Å². The minimum Gasteiger partial charge on any atom is -0.465 e. The minimum absolute atomic E-state index is 0.130. The number of rotatable bonds is 7. The van der Waals surface area contributed by atoms with Gasteiger partial charge in [0.15, 0.2) is 0 Å². The summed E-state index contributed by atoms with van der Waals surface area (Å²) in [6.07, 6.45) is 2.90. The number of hydrogen-bond donors (Lipinski definition) is 0.